The molecule has 0 spiro atoms. The maximum absolute atomic E-state index is 13.3. The van der Waals surface area contributed by atoms with Crippen molar-refractivity contribution in [2.24, 2.45) is 0 Å². The summed E-state index contributed by atoms with van der Waals surface area (Å²) in [5, 5.41) is 1.29. The van der Waals surface area contributed by atoms with Crippen LogP contribution in [-0.4, -0.2) is 14.5 Å². The fraction of sp³-hybridized carbons (Fsp3) is 0.148. The molecule has 0 N–H and O–H groups in total. The summed E-state index contributed by atoms with van der Waals surface area (Å²) in [6.07, 6.45) is 0. The van der Waals surface area contributed by atoms with Crippen LogP contribution in [0.3, 0.4) is 0 Å². The van der Waals surface area contributed by atoms with Gasteiger partial charge in [-0.25, -0.2) is 9.97 Å². The van der Waals surface area contributed by atoms with Crippen molar-refractivity contribution in [2.75, 3.05) is 0 Å². The lowest BCUT2D eigenvalue weighted by atomic mass is 10.1. The highest BCUT2D eigenvalue weighted by Crippen LogP contribution is 2.29. The van der Waals surface area contributed by atoms with E-state index in [-0.39, 0.29) is 5.56 Å². The van der Waals surface area contributed by atoms with Crippen molar-refractivity contribution in [3.05, 3.63) is 112 Å². The quantitative estimate of drug-likeness (QED) is 0.233. The minimum atomic E-state index is -0.0376. The van der Waals surface area contributed by atoms with Crippen molar-refractivity contribution in [1.29, 1.82) is 0 Å². The first-order valence-electron chi connectivity index (χ1n) is 10.8. The van der Waals surface area contributed by atoms with E-state index < -0.39 is 0 Å². The van der Waals surface area contributed by atoms with Crippen LogP contribution < -0.4 is 5.56 Å². The second kappa shape index (κ2) is 9.08. The van der Waals surface area contributed by atoms with Crippen LogP contribution in [0.25, 0.3) is 22.4 Å². The summed E-state index contributed by atoms with van der Waals surface area (Å²) in [5.74, 6) is 1.95. The Kier molecular flexibility index (Phi) is 5.84. The minimum absolute atomic E-state index is 0.0376. The Bertz CT molecular complexity index is 1490. The number of hydrogen-bond acceptors (Lipinski definition) is 5. The van der Waals surface area contributed by atoms with Gasteiger partial charge in [0.1, 0.15) is 5.76 Å². The molecule has 0 bridgehead atoms. The topological polar surface area (TPSA) is 60.9 Å². The Morgan fingerprint density at radius 2 is 1.61 bits per heavy atom. The second-order valence-corrected chi connectivity index (χ2v) is 8.86. The molecule has 0 aliphatic carbocycles. The Balaban J connectivity index is 1.50. The van der Waals surface area contributed by atoms with Crippen molar-refractivity contribution in [3.63, 3.8) is 0 Å². The van der Waals surface area contributed by atoms with Gasteiger partial charge >= 0.3 is 0 Å². The maximum Gasteiger partial charge on any atom is 0.262 e. The van der Waals surface area contributed by atoms with Gasteiger partial charge in [-0.3, -0.25) is 9.36 Å². The first-order chi connectivity index (χ1) is 16.1. The molecule has 0 radical (unpaired) electrons. The maximum atomic E-state index is 13.3. The Labute approximate surface area is 196 Å². The molecule has 0 aliphatic heterocycles. The molecule has 0 aliphatic rings. The lowest BCUT2D eigenvalue weighted by Crippen LogP contribution is -2.24. The lowest BCUT2D eigenvalue weighted by molar-refractivity contribution is 0.540. The standard InChI is InChI=1S/C27H23N3O2S/c1-18-10-6-7-13-21(18)25-28-24(19(2)32-25)17-33-27-29-23-15-9-8-14-22(23)26(31)30(27)16-20-11-4-3-5-12-20/h3-15H,16-17H2,1-2H3. The van der Waals surface area contributed by atoms with Crippen LogP contribution in [0.1, 0.15) is 22.6 Å². The van der Waals surface area contributed by atoms with Gasteiger partial charge in [-0.2, -0.15) is 0 Å². The fourth-order valence-corrected chi connectivity index (χ4v) is 4.79. The summed E-state index contributed by atoms with van der Waals surface area (Å²) in [6, 6.07) is 25.5. The van der Waals surface area contributed by atoms with Gasteiger partial charge in [0.2, 0.25) is 5.89 Å². The third-order valence-electron chi connectivity index (χ3n) is 5.62. The monoisotopic (exact) mass is 453 g/mol. The molecule has 6 heteroatoms. The summed E-state index contributed by atoms with van der Waals surface area (Å²) in [5.41, 5.74) is 4.67. The van der Waals surface area contributed by atoms with Crippen LogP contribution in [-0.2, 0) is 12.3 Å². The number of aromatic nitrogens is 3. The number of thioether (sulfide) groups is 1. The average molecular weight is 454 g/mol. The number of aryl methyl sites for hydroxylation is 2. The number of oxazole rings is 1. The highest BCUT2D eigenvalue weighted by molar-refractivity contribution is 7.98. The first-order valence-corrected chi connectivity index (χ1v) is 11.8. The molecule has 33 heavy (non-hydrogen) atoms. The number of nitrogens with zero attached hydrogens (tertiary/aromatic N) is 3. The number of rotatable bonds is 6. The van der Waals surface area contributed by atoms with Crippen molar-refractivity contribution >= 4 is 22.7 Å². The van der Waals surface area contributed by atoms with E-state index in [1.165, 1.54) is 11.8 Å². The molecule has 2 aromatic heterocycles. The molecular weight excluding hydrogens is 430 g/mol. The molecule has 0 unspecified atom stereocenters. The molecule has 5 aromatic rings. The molecule has 0 atom stereocenters. The summed E-state index contributed by atoms with van der Waals surface area (Å²) < 4.78 is 7.73. The average Bonchev–Trinajstić information content (AvgIpc) is 3.21. The molecule has 0 amide bonds. The zero-order valence-electron chi connectivity index (χ0n) is 18.5. The zero-order valence-corrected chi connectivity index (χ0v) is 19.3. The van der Waals surface area contributed by atoms with Crippen LogP contribution in [0.15, 0.2) is 93.2 Å². The summed E-state index contributed by atoms with van der Waals surface area (Å²) >= 11 is 1.50. The number of para-hydroxylation sites is 1. The predicted octanol–water partition coefficient (Wildman–Crippen LogP) is 6.01. The first kappa shape index (κ1) is 21.2. The number of hydrogen-bond donors (Lipinski definition) is 0. The zero-order chi connectivity index (χ0) is 22.8. The van der Waals surface area contributed by atoms with E-state index in [0.29, 0.717) is 34.2 Å². The van der Waals surface area contributed by atoms with Gasteiger partial charge in [0.15, 0.2) is 5.16 Å². The van der Waals surface area contributed by atoms with E-state index in [0.717, 1.165) is 28.1 Å². The van der Waals surface area contributed by atoms with Gasteiger partial charge < -0.3 is 4.42 Å². The van der Waals surface area contributed by atoms with Crippen LogP contribution in [0.5, 0.6) is 0 Å². The van der Waals surface area contributed by atoms with Crippen molar-refractivity contribution < 1.29 is 4.42 Å². The van der Waals surface area contributed by atoms with E-state index in [2.05, 4.69) is 0 Å². The third-order valence-corrected chi connectivity index (χ3v) is 6.60. The van der Waals surface area contributed by atoms with Crippen LogP contribution >= 0.6 is 11.8 Å². The molecule has 0 saturated heterocycles. The van der Waals surface area contributed by atoms with Gasteiger partial charge in [-0.1, -0.05) is 72.4 Å². The van der Waals surface area contributed by atoms with Gasteiger partial charge in [-0.15, -0.1) is 0 Å². The second-order valence-electron chi connectivity index (χ2n) is 7.91. The van der Waals surface area contributed by atoms with Crippen molar-refractivity contribution in [1.82, 2.24) is 14.5 Å². The van der Waals surface area contributed by atoms with Crippen molar-refractivity contribution in [3.8, 4) is 11.5 Å². The van der Waals surface area contributed by atoms with E-state index in [1.807, 2.05) is 92.7 Å². The predicted molar refractivity (Wildman–Crippen MR) is 133 cm³/mol. The van der Waals surface area contributed by atoms with E-state index >= 15 is 0 Å². The van der Waals surface area contributed by atoms with Crippen LogP contribution in [0.2, 0.25) is 0 Å². The normalized spacial score (nSPS) is 11.2. The Morgan fingerprint density at radius 1 is 0.879 bits per heavy atom. The largest absolute Gasteiger partial charge is 0.441 e. The highest BCUT2D eigenvalue weighted by atomic mass is 32.2. The van der Waals surface area contributed by atoms with E-state index in [1.54, 1.807) is 4.57 Å². The molecule has 5 rings (SSSR count). The van der Waals surface area contributed by atoms with Gasteiger partial charge in [0.25, 0.3) is 5.56 Å². The Hall–Kier alpha value is -3.64. The van der Waals surface area contributed by atoms with Crippen LogP contribution in [0.4, 0.5) is 0 Å². The number of benzene rings is 3. The Morgan fingerprint density at radius 3 is 2.42 bits per heavy atom. The molecular formula is C27H23N3O2S. The molecule has 5 nitrogen and oxygen atoms in total. The molecule has 164 valence electrons. The minimum Gasteiger partial charge on any atom is -0.441 e. The van der Waals surface area contributed by atoms with E-state index in [4.69, 9.17) is 14.4 Å². The smallest absolute Gasteiger partial charge is 0.262 e. The SMILES string of the molecule is Cc1ccccc1-c1nc(CSc2nc3ccccc3c(=O)n2Cc2ccccc2)c(C)o1. The lowest BCUT2D eigenvalue weighted by Gasteiger charge is -2.13. The summed E-state index contributed by atoms with van der Waals surface area (Å²) in [4.78, 5) is 22.9. The van der Waals surface area contributed by atoms with E-state index in [9.17, 15) is 4.79 Å². The highest BCUT2D eigenvalue weighted by Gasteiger charge is 2.16. The van der Waals surface area contributed by atoms with Gasteiger partial charge in [0.05, 0.1) is 23.1 Å². The van der Waals surface area contributed by atoms with Gasteiger partial charge in [-0.05, 0) is 43.2 Å². The molecule has 2 heterocycles. The van der Waals surface area contributed by atoms with Crippen LogP contribution in [0, 0.1) is 13.8 Å². The van der Waals surface area contributed by atoms with Gasteiger partial charge in [0, 0.05) is 11.3 Å². The van der Waals surface area contributed by atoms with Crippen molar-refractivity contribution in [2.45, 2.75) is 31.3 Å². The fourth-order valence-electron chi connectivity index (χ4n) is 3.79. The third kappa shape index (κ3) is 4.34. The summed E-state index contributed by atoms with van der Waals surface area (Å²) in [7, 11) is 0. The molecule has 3 aromatic carbocycles. The summed E-state index contributed by atoms with van der Waals surface area (Å²) in [6.45, 7) is 4.44. The molecule has 0 saturated carbocycles. The molecule has 0 fully saturated rings. The number of fused-ring (bicyclic) bond motifs is 1.